The highest BCUT2D eigenvalue weighted by Gasteiger charge is 2.37. The third-order valence-electron chi connectivity index (χ3n) is 5.13. The molecule has 0 atom stereocenters. The van der Waals surface area contributed by atoms with Crippen molar-refractivity contribution in [3.8, 4) is 5.75 Å². The van der Waals surface area contributed by atoms with Gasteiger partial charge in [0.05, 0.1) is 10.2 Å². The molecule has 172 valence electrons. The molecule has 0 aliphatic carbocycles. The molecule has 3 aromatic carbocycles. The van der Waals surface area contributed by atoms with Crippen LogP contribution in [0.1, 0.15) is 16.7 Å². The molecule has 0 saturated carbocycles. The normalized spacial score (nSPS) is 15.0. The first-order valence-corrected chi connectivity index (χ1v) is 11.6. The summed E-state index contributed by atoms with van der Waals surface area (Å²) in [5.41, 5.74) is 2.15. The van der Waals surface area contributed by atoms with Gasteiger partial charge in [0.25, 0.3) is 11.8 Å². The number of amides is 4. The zero-order valence-corrected chi connectivity index (χ0v) is 20.9. The van der Waals surface area contributed by atoms with Crippen molar-refractivity contribution >= 4 is 68.7 Å². The number of carbonyl (C=O) groups excluding carboxylic acids is 3. The van der Waals surface area contributed by atoms with E-state index in [0.717, 1.165) is 10.5 Å². The van der Waals surface area contributed by atoms with E-state index >= 15 is 0 Å². The van der Waals surface area contributed by atoms with Gasteiger partial charge in [0.2, 0.25) is 0 Å². The number of carbonyl (C=O) groups is 3. The van der Waals surface area contributed by atoms with Gasteiger partial charge in [-0.2, -0.15) is 0 Å². The second-order valence-corrected chi connectivity index (χ2v) is 9.15. The molecular formula is C25H17BrCl2N2O4. The average molecular weight is 560 g/mol. The quantitative estimate of drug-likeness (QED) is 0.293. The Morgan fingerprint density at radius 1 is 1.03 bits per heavy atom. The summed E-state index contributed by atoms with van der Waals surface area (Å²) in [7, 11) is 0. The molecule has 4 rings (SSSR count). The van der Waals surface area contributed by atoms with Crippen LogP contribution < -0.4 is 15.0 Å². The van der Waals surface area contributed by atoms with Crippen molar-refractivity contribution in [1.82, 2.24) is 5.32 Å². The van der Waals surface area contributed by atoms with Gasteiger partial charge in [-0.25, -0.2) is 9.69 Å². The van der Waals surface area contributed by atoms with Gasteiger partial charge in [0.15, 0.2) is 0 Å². The van der Waals surface area contributed by atoms with Crippen molar-refractivity contribution in [3.05, 3.63) is 97.4 Å². The summed E-state index contributed by atoms with van der Waals surface area (Å²) in [5, 5.41) is 3.24. The molecule has 34 heavy (non-hydrogen) atoms. The maximum absolute atomic E-state index is 13.1. The van der Waals surface area contributed by atoms with Crippen LogP contribution in [-0.2, 0) is 16.2 Å². The third-order valence-corrected chi connectivity index (χ3v) is 6.40. The van der Waals surface area contributed by atoms with Crippen molar-refractivity contribution in [2.45, 2.75) is 13.5 Å². The van der Waals surface area contributed by atoms with Crippen LogP contribution in [0.15, 0.2) is 70.7 Å². The first-order chi connectivity index (χ1) is 16.2. The van der Waals surface area contributed by atoms with E-state index in [-0.39, 0.29) is 5.57 Å². The molecule has 1 heterocycles. The number of anilines is 1. The Balaban J connectivity index is 1.59. The Morgan fingerprint density at radius 2 is 1.79 bits per heavy atom. The molecule has 0 radical (unpaired) electrons. The number of nitrogens with zero attached hydrogens (tertiary/aromatic N) is 1. The fourth-order valence-corrected chi connectivity index (χ4v) is 4.29. The molecule has 1 saturated heterocycles. The molecule has 1 fully saturated rings. The Kier molecular flexibility index (Phi) is 7.07. The van der Waals surface area contributed by atoms with Gasteiger partial charge in [-0.15, -0.1) is 0 Å². The molecule has 0 unspecified atom stereocenters. The van der Waals surface area contributed by atoms with E-state index in [4.69, 9.17) is 27.9 Å². The maximum Gasteiger partial charge on any atom is 0.335 e. The third kappa shape index (κ3) is 5.01. The molecule has 6 nitrogen and oxygen atoms in total. The van der Waals surface area contributed by atoms with Gasteiger partial charge >= 0.3 is 6.03 Å². The Labute approximate surface area is 214 Å². The van der Waals surface area contributed by atoms with E-state index in [1.165, 1.54) is 6.08 Å². The highest BCUT2D eigenvalue weighted by Crippen LogP contribution is 2.31. The molecular weight excluding hydrogens is 543 g/mol. The first-order valence-electron chi connectivity index (χ1n) is 10.1. The summed E-state index contributed by atoms with van der Waals surface area (Å²) in [6, 6.07) is 16.5. The number of benzene rings is 3. The minimum absolute atomic E-state index is 0.182. The number of ether oxygens (including phenoxy) is 1. The van der Waals surface area contributed by atoms with Crippen LogP contribution in [0.3, 0.4) is 0 Å². The number of nitrogens with one attached hydrogen (secondary N) is 1. The second kappa shape index (κ2) is 10.0. The first kappa shape index (κ1) is 24.0. The van der Waals surface area contributed by atoms with Crippen LogP contribution in [0.2, 0.25) is 10.0 Å². The van der Waals surface area contributed by atoms with Crippen LogP contribution in [0.4, 0.5) is 10.5 Å². The van der Waals surface area contributed by atoms with E-state index in [1.807, 2.05) is 18.2 Å². The zero-order valence-electron chi connectivity index (χ0n) is 17.8. The Morgan fingerprint density at radius 3 is 2.53 bits per heavy atom. The second-order valence-electron chi connectivity index (χ2n) is 7.45. The van der Waals surface area contributed by atoms with Crippen LogP contribution in [0.25, 0.3) is 6.08 Å². The molecule has 1 N–H and O–H groups in total. The lowest BCUT2D eigenvalue weighted by Gasteiger charge is -2.27. The average Bonchev–Trinajstić information content (AvgIpc) is 2.79. The van der Waals surface area contributed by atoms with Crippen LogP contribution >= 0.6 is 39.1 Å². The lowest BCUT2D eigenvalue weighted by molar-refractivity contribution is -0.122. The van der Waals surface area contributed by atoms with Gasteiger partial charge in [0.1, 0.15) is 17.9 Å². The van der Waals surface area contributed by atoms with Crippen LogP contribution in [0, 0.1) is 6.92 Å². The molecule has 0 bridgehead atoms. The van der Waals surface area contributed by atoms with Crippen LogP contribution in [0.5, 0.6) is 5.75 Å². The predicted octanol–water partition coefficient (Wildman–Crippen LogP) is 6.31. The van der Waals surface area contributed by atoms with Gasteiger partial charge in [-0.1, -0.05) is 47.5 Å². The number of hydrogen-bond donors (Lipinski definition) is 1. The fourth-order valence-electron chi connectivity index (χ4n) is 3.39. The highest BCUT2D eigenvalue weighted by atomic mass is 79.9. The molecule has 9 heteroatoms. The summed E-state index contributed by atoms with van der Waals surface area (Å²) < 4.78 is 6.47. The van der Waals surface area contributed by atoms with E-state index in [0.29, 0.717) is 43.7 Å². The standard InChI is InChI=1S/C25H17BrCl2N2O4/c1-14-20(28)6-3-7-21(14)30-24(32)18(23(31)29-25(30)33)11-15-8-9-22(19(26)12-15)34-13-16-4-2-5-17(27)10-16/h2-12H,13H2,1H3,(H,29,31,33)/b18-11+. The Hall–Kier alpha value is -3.13. The number of imide groups is 2. The molecule has 1 aliphatic rings. The van der Waals surface area contributed by atoms with Gasteiger partial charge < -0.3 is 4.74 Å². The SMILES string of the molecule is Cc1c(Cl)cccc1N1C(=O)NC(=O)/C(=C\c2ccc(OCc3cccc(Cl)c3)c(Br)c2)C1=O. The molecule has 1 aliphatic heterocycles. The number of rotatable bonds is 5. The van der Waals surface area contributed by atoms with E-state index in [9.17, 15) is 14.4 Å². The van der Waals surface area contributed by atoms with Crippen molar-refractivity contribution in [1.29, 1.82) is 0 Å². The molecule has 4 amide bonds. The number of urea groups is 1. The zero-order chi connectivity index (χ0) is 24.4. The van der Waals surface area contributed by atoms with E-state index in [2.05, 4.69) is 21.2 Å². The topological polar surface area (TPSA) is 75.7 Å². The molecule has 0 aromatic heterocycles. The van der Waals surface area contributed by atoms with E-state index in [1.54, 1.807) is 49.4 Å². The lowest BCUT2D eigenvalue weighted by Crippen LogP contribution is -2.54. The monoisotopic (exact) mass is 558 g/mol. The summed E-state index contributed by atoms with van der Waals surface area (Å²) in [6.07, 6.45) is 1.42. The lowest BCUT2D eigenvalue weighted by atomic mass is 10.1. The summed E-state index contributed by atoms with van der Waals surface area (Å²) in [6.45, 7) is 2.01. The van der Waals surface area contributed by atoms with Crippen molar-refractivity contribution in [2.75, 3.05) is 4.90 Å². The van der Waals surface area contributed by atoms with Crippen molar-refractivity contribution < 1.29 is 19.1 Å². The molecule has 0 spiro atoms. The van der Waals surface area contributed by atoms with Crippen molar-refractivity contribution in [2.24, 2.45) is 0 Å². The largest absolute Gasteiger partial charge is 0.488 e. The van der Waals surface area contributed by atoms with Gasteiger partial charge in [-0.3, -0.25) is 14.9 Å². The number of halogens is 3. The molecule has 3 aromatic rings. The maximum atomic E-state index is 13.1. The fraction of sp³-hybridized carbons (Fsp3) is 0.0800. The van der Waals surface area contributed by atoms with Gasteiger partial charge in [0, 0.05) is 10.0 Å². The number of barbiturate groups is 1. The Bertz CT molecular complexity index is 1360. The van der Waals surface area contributed by atoms with Crippen LogP contribution in [-0.4, -0.2) is 17.8 Å². The van der Waals surface area contributed by atoms with Gasteiger partial charge in [-0.05, 0) is 82.0 Å². The summed E-state index contributed by atoms with van der Waals surface area (Å²) in [4.78, 5) is 39.0. The number of hydrogen-bond acceptors (Lipinski definition) is 4. The smallest absolute Gasteiger partial charge is 0.335 e. The minimum Gasteiger partial charge on any atom is -0.488 e. The van der Waals surface area contributed by atoms with Crippen molar-refractivity contribution in [3.63, 3.8) is 0 Å². The van der Waals surface area contributed by atoms with E-state index < -0.39 is 17.8 Å². The minimum atomic E-state index is -0.830. The summed E-state index contributed by atoms with van der Waals surface area (Å²) in [5.74, 6) is -0.937. The predicted molar refractivity (Wildman–Crippen MR) is 135 cm³/mol. The summed E-state index contributed by atoms with van der Waals surface area (Å²) >= 11 is 15.6. The highest BCUT2D eigenvalue weighted by molar-refractivity contribution is 9.10.